The van der Waals surface area contributed by atoms with Gasteiger partial charge in [0, 0.05) is 40.9 Å². The number of carbonyl (C=O) groups excluding carboxylic acids is 1. The van der Waals surface area contributed by atoms with Crippen LogP contribution in [0.2, 0.25) is 0 Å². The molecule has 0 aliphatic rings. The molecular weight excluding hydrogens is 406 g/mol. The van der Waals surface area contributed by atoms with Crippen LogP contribution in [0.5, 0.6) is 0 Å². The van der Waals surface area contributed by atoms with E-state index in [-0.39, 0.29) is 5.91 Å². The van der Waals surface area contributed by atoms with Gasteiger partial charge in [-0.05, 0) is 48.9 Å². The number of anilines is 1. The molecule has 0 bridgehead atoms. The molecular formula is C24H21N5OS. The number of fused-ring (bicyclic) bond motifs is 1. The Morgan fingerprint density at radius 3 is 2.71 bits per heavy atom. The average molecular weight is 428 g/mol. The van der Waals surface area contributed by atoms with Gasteiger partial charge >= 0.3 is 0 Å². The number of para-hydroxylation sites is 1. The molecule has 5 aromatic rings. The first-order chi connectivity index (χ1) is 15.2. The molecule has 3 heterocycles. The molecule has 0 atom stereocenters. The fourth-order valence-corrected chi connectivity index (χ4v) is 4.49. The summed E-state index contributed by atoms with van der Waals surface area (Å²) < 4.78 is 4.05. The van der Waals surface area contributed by atoms with Crippen LogP contribution in [-0.4, -0.2) is 25.2 Å². The lowest BCUT2D eigenvalue weighted by Gasteiger charge is -2.07. The van der Waals surface area contributed by atoms with Gasteiger partial charge in [-0.3, -0.25) is 4.79 Å². The van der Waals surface area contributed by atoms with Crippen LogP contribution in [0.15, 0.2) is 78.4 Å². The maximum atomic E-state index is 12.8. The second-order valence-corrected chi connectivity index (χ2v) is 8.09. The molecule has 2 aromatic carbocycles. The summed E-state index contributed by atoms with van der Waals surface area (Å²) in [4.78, 5) is 17.4. The van der Waals surface area contributed by atoms with Crippen LogP contribution in [0.25, 0.3) is 27.3 Å². The third-order valence-corrected chi connectivity index (χ3v) is 5.97. The predicted octanol–water partition coefficient (Wildman–Crippen LogP) is 5.61. The maximum Gasteiger partial charge on any atom is 0.275 e. The van der Waals surface area contributed by atoms with Crippen molar-refractivity contribution in [1.82, 2.24) is 19.3 Å². The normalized spacial score (nSPS) is 11.1. The highest BCUT2D eigenvalue weighted by atomic mass is 32.1. The lowest BCUT2D eigenvalue weighted by Crippen LogP contribution is -2.12. The van der Waals surface area contributed by atoms with Crippen LogP contribution in [0.1, 0.15) is 23.8 Å². The summed E-state index contributed by atoms with van der Waals surface area (Å²) in [5.74, 6) is -0.215. The number of carbonyl (C=O) groups is 1. The SMILES string of the molecule is CCCn1c(-c2nc(C(=O)Nc3ccc(-n4cccn4)cc3)cs2)cc2ccccc21. The van der Waals surface area contributed by atoms with Gasteiger partial charge in [0.1, 0.15) is 10.7 Å². The highest BCUT2D eigenvalue weighted by Gasteiger charge is 2.16. The first kappa shape index (κ1) is 19.3. The van der Waals surface area contributed by atoms with E-state index in [9.17, 15) is 4.79 Å². The Hall–Kier alpha value is -3.71. The van der Waals surface area contributed by atoms with Gasteiger partial charge < -0.3 is 9.88 Å². The highest BCUT2D eigenvalue weighted by Crippen LogP contribution is 2.31. The van der Waals surface area contributed by atoms with Gasteiger partial charge in [-0.2, -0.15) is 5.10 Å². The fraction of sp³-hybridized carbons (Fsp3) is 0.125. The van der Waals surface area contributed by atoms with Crippen molar-refractivity contribution >= 4 is 33.8 Å². The minimum atomic E-state index is -0.215. The Balaban J connectivity index is 1.38. The number of aryl methyl sites for hydroxylation is 1. The number of rotatable bonds is 6. The molecule has 0 aliphatic carbocycles. The Bertz CT molecular complexity index is 1330. The molecule has 0 unspecified atom stereocenters. The number of nitrogens with one attached hydrogen (secondary N) is 1. The van der Waals surface area contributed by atoms with Crippen LogP contribution in [0, 0.1) is 0 Å². The summed E-state index contributed by atoms with van der Waals surface area (Å²) >= 11 is 1.49. The number of thiazole rings is 1. The second kappa shape index (κ2) is 8.20. The molecule has 0 saturated carbocycles. The van der Waals surface area contributed by atoms with Crippen molar-refractivity contribution in [3.05, 3.63) is 84.1 Å². The first-order valence-electron chi connectivity index (χ1n) is 10.2. The van der Waals surface area contributed by atoms with E-state index in [1.807, 2.05) is 48.0 Å². The Kier molecular flexibility index (Phi) is 5.09. The number of benzene rings is 2. The number of hydrogen-bond donors (Lipinski definition) is 1. The minimum absolute atomic E-state index is 0.215. The lowest BCUT2D eigenvalue weighted by atomic mass is 10.2. The van der Waals surface area contributed by atoms with E-state index in [1.165, 1.54) is 22.2 Å². The molecule has 0 aliphatic heterocycles. The molecule has 3 aromatic heterocycles. The van der Waals surface area contributed by atoms with Crippen molar-refractivity contribution in [3.8, 4) is 16.4 Å². The van der Waals surface area contributed by atoms with E-state index in [1.54, 1.807) is 10.9 Å². The van der Waals surface area contributed by atoms with E-state index < -0.39 is 0 Å². The molecule has 1 N–H and O–H groups in total. The Morgan fingerprint density at radius 1 is 1.10 bits per heavy atom. The summed E-state index contributed by atoms with van der Waals surface area (Å²) in [6, 6.07) is 19.9. The average Bonchev–Trinajstić information content (AvgIpc) is 3.55. The molecule has 1 amide bonds. The molecule has 0 saturated heterocycles. The van der Waals surface area contributed by atoms with Crippen molar-refractivity contribution in [3.63, 3.8) is 0 Å². The van der Waals surface area contributed by atoms with Gasteiger partial charge in [0.25, 0.3) is 5.91 Å². The number of nitrogens with zero attached hydrogens (tertiary/aromatic N) is 4. The van der Waals surface area contributed by atoms with Crippen LogP contribution >= 0.6 is 11.3 Å². The van der Waals surface area contributed by atoms with Crippen LogP contribution in [0.4, 0.5) is 5.69 Å². The van der Waals surface area contributed by atoms with E-state index in [0.717, 1.165) is 35.0 Å². The third kappa shape index (κ3) is 3.75. The summed E-state index contributed by atoms with van der Waals surface area (Å²) in [7, 11) is 0. The quantitative estimate of drug-likeness (QED) is 0.383. The molecule has 7 heteroatoms. The summed E-state index contributed by atoms with van der Waals surface area (Å²) in [6.45, 7) is 3.07. The van der Waals surface area contributed by atoms with Gasteiger partial charge in [0.15, 0.2) is 0 Å². The zero-order valence-corrected chi connectivity index (χ0v) is 17.8. The van der Waals surface area contributed by atoms with Crippen molar-refractivity contribution in [1.29, 1.82) is 0 Å². The van der Waals surface area contributed by atoms with E-state index in [0.29, 0.717) is 5.69 Å². The topological polar surface area (TPSA) is 64.7 Å². The molecule has 0 radical (unpaired) electrons. The minimum Gasteiger partial charge on any atom is -0.339 e. The smallest absolute Gasteiger partial charge is 0.275 e. The van der Waals surface area contributed by atoms with Gasteiger partial charge in [0.05, 0.1) is 11.4 Å². The monoisotopic (exact) mass is 427 g/mol. The van der Waals surface area contributed by atoms with Gasteiger partial charge in [-0.15, -0.1) is 11.3 Å². The molecule has 154 valence electrons. The van der Waals surface area contributed by atoms with Gasteiger partial charge in [-0.25, -0.2) is 9.67 Å². The zero-order chi connectivity index (χ0) is 21.2. The highest BCUT2D eigenvalue weighted by molar-refractivity contribution is 7.13. The standard InChI is InChI=1S/C24H21N5OS/c1-2-13-28-21-7-4-3-6-17(21)15-22(28)24-27-20(16-31-24)23(30)26-18-8-10-19(11-9-18)29-14-5-12-25-29/h3-12,14-16H,2,13H2,1H3,(H,26,30). The van der Waals surface area contributed by atoms with Gasteiger partial charge in [-0.1, -0.05) is 25.1 Å². The van der Waals surface area contributed by atoms with E-state index in [4.69, 9.17) is 0 Å². The largest absolute Gasteiger partial charge is 0.339 e. The molecule has 31 heavy (non-hydrogen) atoms. The predicted molar refractivity (Wildman–Crippen MR) is 125 cm³/mol. The fourth-order valence-electron chi connectivity index (χ4n) is 3.66. The molecule has 0 fully saturated rings. The molecule has 5 rings (SSSR count). The summed E-state index contributed by atoms with van der Waals surface area (Å²) in [5.41, 5.74) is 4.32. The van der Waals surface area contributed by atoms with Crippen molar-refractivity contribution in [2.24, 2.45) is 0 Å². The van der Waals surface area contributed by atoms with Crippen molar-refractivity contribution in [2.75, 3.05) is 5.32 Å². The van der Waals surface area contributed by atoms with E-state index >= 15 is 0 Å². The van der Waals surface area contributed by atoms with Gasteiger partial charge in [0.2, 0.25) is 0 Å². The van der Waals surface area contributed by atoms with Crippen molar-refractivity contribution in [2.45, 2.75) is 19.9 Å². The zero-order valence-electron chi connectivity index (χ0n) is 17.0. The summed E-state index contributed by atoms with van der Waals surface area (Å²) in [6.07, 6.45) is 4.64. The number of hydrogen-bond acceptors (Lipinski definition) is 4. The van der Waals surface area contributed by atoms with Crippen LogP contribution in [0.3, 0.4) is 0 Å². The molecule has 6 nitrogen and oxygen atoms in total. The van der Waals surface area contributed by atoms with Crippen LogP contribution in [-0.2, 0) is 6.54 Å². The third-order valence-electron chi connectivity index (χ3n) is 5.11. The van der Waals surface area contributed by atoms with Crippen LogP contribution < -0.4 is 5.32 Å². The second-order valence-electron chi connectivity index (χ2n) is 7.23. The lowest BCUT2D eigenvalue weighted by molar-refractivity contribution is 0.102. The Morgan fingerprint density at radius 2 is 1.94 bits per heavy atom. The van der Waals surface area contributed by atoms with Crippen molar-refractivity contribution < 1.29 is 4.79 Å². The van der Waals surface area contributed by atoms with E-state index in [2.05, 4.69) is 51.2 Å². The number of aromatic nitrogens is 4. The maximum absolute atomic E-state index is 12.8. The number of amides is 1. The molecule has 0 spiro atoms. The Labute approximate surface area is 183 Å². The summed E-state index contributed by atoms with van der Waals surface area (Å²) in [5, 5.41) is 11.0. The first-order valence-corrected chi connectivity index (χ1v) is 11.1.